The van der Waals surface area contributed by atoms with Gasteiger partial charge in [0.1, 0.15) is 0 Å². The second kappa shape index (κ2) is 6.02. The van der Waals surface area contributed by atoms with Crippen molar-refractivity contribution in [2.24, 2.45) is 11.3 Å². The van der Waals surface area contributed by atoms with Crippen molar-refractivity contribution < 1.29 is 32.7 Å². The number of nitrogens with one attached hydrogen (secondary N) is 1. The number of nitrogens with zero attached hydrogens (tertiary/aromatic N) is 1. The van der Waals surface area contributed by atoms with Crippen molar-refractivity contribution in [1.82, 2.24) is 9.97 Å². The van der Waals surface area contributed by atoms with E-state index < -0.39 is 0 Å². The third-order valence-corrected chi connectivity index (χ3v) is 2.75. The molecule has 0 saturated carbocycles. The van der Waals surface area contributed by atoms with E-state index in [1.165, 1.54) is 0 Å². The van der Waals surface area contributed by atoms with Gasteiger partial charge in [-0.25, -0.2) is 4.98 Å². The Hall–Kier alpha value is 0.314. The summed E-state index contributed by atoms with van der Waals surface area (Å²) in [4.78, 5) is 7.11. The van der Waals surface area contributed by atoms with E-state index in [0.717, 1.165) is 12.1 Å². The van der Waals surface area contributed by atoms with Crippen LogP contribution < -0.4 is 0 Å². The Bertz CT molecular complexity index is 242. The smallest absolute Gasteiger partial charge is 0.0921 e. The van der Waals surface area contributed by atoms with Gasteiger partial charge in [0.05, 0.1) is 6.33 Å². The summed E-state index contributed by atoms with van der Waals surface area (Å²) < 4.78 is 0. The molecule has 0 amide bonds. The zero-order valence-corrected chi connectivity index (χ0v) is 12.1. The minimum Gasteiger partial charge on any atom is -0.349 e. The van der Waals surface area contributed by atoms with E-state index in [0.29, 0.717) is 5.92 Å². The van der Waals surface area contributed by atoms with E-state index >= 15 is 0 Å². The van der Waals surface area contributed by atoms with Crippen molar-refractivity contribution in [2.75, 3.05) is 0 Å². The summed E-state index contributed by atoms with van der Waals surface area (Å²) in [6, 6.07) is 0. The van der Waals surface area contributed by atoms with Crippen LogP contribution in [-0.2, 0) is 39.1 Å². The fourth-order valence-electron chi connectivity index (χ4n) is 1.38. The third-order valence-electron chi connectivity index (χ3n) is 2.75. The molecule has 0 aliphatic heterocycles. The van der Waals surface area contributed by atoms with E-state index in [2.05, 4.69) is 44.1 Å². The SMILES string of the molecule is [CH2-]C(C)(Cc1cnc[nH]1)C(C)[CH-]C.[Y]. The first-order valence-corrected chi connectivity index (χ1v) is 4.68. The summed E-state index contributed by atoms with van der Waals surface area (Å²) in [5.74, 6) is 0.510. The summed E-state index contributed by atoms with van der Waals surface area (Å²) in [5.41, 5.74) is 1.22. The largest absolute Gasteiger partial charge is 0.349 e. The molecule has 0 spiro atoms. The molecule has 0 aromatic carbocycles. The Morgan fingerprint density at radius 1 is 1.71 bits per heavy atom. The minimum atomic E-state index is 0. The Morgan fingerprint density at radius 3 is 2.79 bits per heavy atom. The van der Waals surface area contributed by atoms with Gasteiger partial charge in [-0.2, -0.15) is 18.3 Å². The molecule has 1 aromatic rings. The molecule has 14 heavy (non-hydrogen) atoms. The van der Waals surface area contributed by atoms with E-state index in [4.69, 9.17) is 0 Å². The predicted octanol–water partition coefficient (Wildman–Crippen LogP) is 2.65. The van der Waals surface area contributed by atoms with Crippen LogP contribution in [0.1, 0.15) is 26.5 Å². The molecule has 1 radical (unpaired) electrons. The van der Waals surface area contributed by atoms with E-state index in [-0.39, 0.29) is 38.1 Å². The average molecular weight is 267 g/mol. The van der Waals surface area contributed by atoms with Crippen LogP contribution >= 0.6 is 0 Å². The normalized spacial score (nSPS) is 16.9. The van der Waals surface area contributed by atoms with Crippen molar-refractivity contribution in [1.29, 1.82) is 0 Å². The Kier molecular flexibility index (Phi) is 6.15. The maximum atomic E-state index is 4.24. The van der Waals surface area contributed by atoms with Crippen LogP contribution in [0.5, 0.6) is 0 Å². The summed E-state index contributed by atoms with van der Waals surface area (Å²) >= 11 is 0. The summed E-state index contributed by atoms with van der Waals surface area (Å²) in [6.07, 6.45) is 6.72. The number of aromatic amines is 1. The number of hydrogen-bond donors (Lipinski definition) is 1. The third kappa shape index (κ3) is 3.82. The fraction of sp³-hybridized carbons (Fsp3) is 0.545. The molecular formula is C11H18N2Y-2. The van der Waals surface area contributed by atoms with Crippen LogP contribution in [0.25, 0.3) is 0 Å². The first-order valence-electron chi connectivity index (χ1n) is 4.68. The van der Waals surface area contributed by atoms with Crippen LogP contribution in [0, 0.1) is 24.7 Å². The Labute approximate surface area is 112 Å². The topological polar surface area (TPSA) is 28.7 Å². The molecule has 77 valence electrons. The molecule has 0 fully saturated rings. The molecule has 0 aliphatic rings. The quantitative estimate of drug-likeness (QED) is 0.835. The molecule has 1 aromatic heterocycles. The van der Waals surface area contributed by atoms with Gasteiger partial charge in [-0.1, -0.05) is 13.8 Å². The van der Waals surface area contributed by atoms with Gasteiger partial charge in [0.15, 0.2) is 0 Å². The standard InChI is InChI=1S/C11H18N2.Y/c1-5-9(2)11(3,4)6-10-7-12-8-13-10;/h5,7-9H,3,6H2,1-2,4H3,(H,12,13);/q-2;. The number of rotatable bonds is 4. The van der Waals surface area contributed by atoms with Crippen LogP contribution in [0.2, 0.25) is 0 Å². The van der Waals surface area contributed by atoms with Gasteiger partial charge in [-0.3, -0.25) is 0 Å². The zero-order chi connectivity index (χ0) is 9.90. The summed E-state index contributed by atoms with van der Waals surface area (Å²) in [5, 5.41) is 0. The zero-order valence-electron chi connectivity index (χ0n) is 9.25. The minimum absolute atomic E-state index is 0. The maximum Gasteiger partial charge on any atom is 0.0921 e. The molecule has 0 aliphatic carbocycles. The first kappa shape index (κ1) is 14.3. The molecule has 0 bridgehead atoms. The number of hydrogen-bond acceptors (Lipinski definition) is 1. The van der Waals surface area contributed by atoms with Crippen molar-refractivity contribution in [3.8, 4) is 0 Å². The predicted molar refractivity (Wildman–Crippen MR) is 54.9 cm³/mol. The maximum absolute atomic E-state index is 4.24. The first-order chi connectivity index (χ1) is 6.06. The Balaban J connectivity index is 0.00000169. The van der Waals surface area contributed by atoms with E-state index in [1.54, 1.807) is 6.33 Å². The van der Waals surface area contributed by atoms with Crippen LogP contribution in [0.15, 0.2) is 12.5 Å². The number of aromatic nitrogens is 2. The van der Waals surface area contributed by atoms with Crippen molar-refractivity contribution >= 4 is 0 Å². The molecule has 0 saturated heterocycles. The van der Waals surface area contributed by atoms with Gasteiger partial charge in [0, 0.05) is 44.6 Å². The van der Waals surface area contributed by atoms with E-state index in [1.807, 2.05) is 6.20 Å². The van der Waals surface area contributed by atoms with E-state index in [9.17, 15) is 0 Å². The number of H-pyrrole nitrogens is 1. The average Bonchev–Trinajstić information content (AvgIpc) is 2.54. The van der Waals surface area contributed by atoms with Gasteiger partial charge in [-0.05, 0) is 6.42 Å². The summed E-state index contributed by atoms with van der Waals surface area (Å²) in [6.45, 7) is 10.7. The van der Waals surface area contributed by atoms with Crippen molar-refractivity contribution in [2.45, 2.75) is 27.2 Å². The van der Waals surface area contributed by atoms with Crippen molar-refractivity contribution in [3.05, 3.63) is 31.6 Å². The molecule has 3 heteroatoms. The monoisotopic (exact) mass is 267 g/mol. The number of imidazole rings is 1. The molecule has 2 unspecified atom stereocenters. The molecular weight excluding hydrogens is 249 g/mol. The van der Waals surface area contributed by atoms with Crippen LogP contribution in [0.4, 0.5) is 0 Å². The second-order valence-corrected chi connectivity index (χ2v) is 4.03. The van der Waals surface area contributed by atoms with Crippen LogP contribution in [-0.4, -0.2) is 9.97 Å². The molecule has 2 atom stereocenters. The Morgan fingerprint density at radius 2 is 2.36 bits per heavy atom. The van der Waals surface area contributed by atoms with Gasteiger partial charge < -0.3 is 18.3 Å². The molecule has 1 rings (SSSR count). The van der Waals surface area contributed by atoms with Crippen molar-refractivity contribution in [3.63, 3.8) is 0 Å². The van der Waals surface area contributed by atoms with Gasteiger partial charge >= 0.3 is 0 Å². The fourth-order valence-corrected chi connectivity index (χ4v) is 1.38. The van der Waals surface area contributed by atoms with Crippen LogP contribution in [0.3, 0.4) is 0 Å². The second-order valence-electron chi connectivity index (χ2n) is 4.03. The summed E-state index contributed by atoms with van der Waals surface area (Å²) in [7, 11) is 0. The molecule has 1 heterocycles. The molecule has 2 nitrogen and oxygen atoms in total. The van der Waals surface area contributed by atoms with Gasteiger partial charge in [0.25, 0.3) is 0 Å². The van der Waals surface area contributed by atoms with Gasteiger partial charge in [-0.15, -0.1) is 0 Å². The van der Waals surface area contributed by atoms with Gasteiger partial charge in [0.2, 0.25) is 0 Å². The molecule has 1 N–H and O–H groups in total.